The number of aromatic nitrogens is 3. The van der Waals surface area contributed by atoms with Crippen molar-refractivity contribution in [3.8, 4) is 0 Å². The number of carbonyl (C=O) groups is 1. The van der Waals surface area contributed by atoms with E-state index in [0.29, 0.717) is 18.3 Å². The van der Waals surface area contributed by atoms with E-state index in [0.717, 1.165) is 37.2 Å². The third-order valence-electron chi connectivity index (χ3n) is 5.38. The summed E-state index contributed by atoms with van der Waals surface area (Å²) in [5, 5.41) is 3.20. The van der Waals surface area contributed by atoms with E-state index in [1.165, 1.54) is 0 Å². The maximum atomic E-state index is 12.4. The third kappa shape index (κ3) is 3.85. The van der Waals surface area contributed by atoms with Crippen molar-refractivity contribution in [1.29, 1.82) is 0 Å². The van der Waals surface area contributed by atoms with E-state index in [1.54, 1.807) is 0 Å². The van der Waals surface area contributed by atoms with Crippen molar-refractivity contribution in [3.05, 3.63) is 35.7 Å². The zero-order chi connectivity index (χ0) is 19.0. The molecule has 0 aliphatic carbocycles. The third-order valence-corrected chi connectivity index (χ3v) is 5.38. The lowest BCUT2D eigenvalue weighted by molar-refractivity contribution is -0.138. The van der Waals surface area contributed by atoms with Gasteiger partial charge in [-0.05, 0) is 37.5 Å². The highest BCUT2D eigenvalue weighted by atomic mass is 16.2. The minimum absolute atomic E-state index is 0.0674. The summed E-state index contributed by atoms with van der Waals surface area (Å²) >= 11 is 0. The van der Waals surface area contributed by atoms with Gasteiger partial charge in [-0.25, -0.2) is 0 Å². The Morgan fingerprint density at radius 3 is 2.89 bits per heavy atom. The molecule has 0 saturated carbocycles. The number of nitrogens with two attached hydrogens (primary N) is 1. The number of aryl methyl sites for hydroxylation is 1. The van der Waals surface area contributed by atoms with Crippen LogP contribution in [0.5, 0.6) is 0 Å². The molecule has 2 aromatic rings. The normalized spacial score (nSPS) is 22.7. The number of nitrogens with zero attached hydrogens (tertiary/aromatic N) is 5. The number of anilines is 3. The van der Waals surface area contributed by atoms with Gasteiger partial charge in [0.1, 0.15) is 5.82 Å². The largest absolute Gasteiger partial charge is 0.368 e. The predicted molar refractivity (Wildman–Crippen MR) is 103 cm³/mol. The van der Waals surface area contributed by atoms with E-state index in [-0.39, 0.29) is 23.8 Å². The Bertz CT molecular complexity index is 856. The van der Waals surface area contributed by atoms with Gasteiger partial charge in [0.05, 0.1) is 12.5 Å². The summed E-state index contributed by atoms with van der Waals surface area (Å²) in [4.78, 5) is 29.6. The quantitative estimate of drug-likeness (QED) is 0.846. The van der Waals surface area contributed by atoms with Crippen LogP contribution in [-0.4, -0.2) is 56.8 Å². The number of benzene rings is 1. The first-order valence-corrected chi connectivity index (χ1v) is 9.31. The molecular formula is C19H25N7O. The van der Waals surface area contributed by atoms with Crippen LogP contribution in [0.4, 0.5) is 17.6 Å². The Morgan fingerprint density at radius 1 is 1.22 bits per heavy atom. The summed E-state index contributed by atoms with van der Waals surface area (Å²) in [5.74, 6) is 1.58. The molecule has 3 aliphatic rings. The lowest BCUT2D eigenvalue weighted by atomic mass is 9.95. The molecule has 3 aliphatic heterocycles. The molecule has 3 N–H and O–H groups in total. The second-order valence-electron chi connectivity index (χ2n) is 7.50. The van der Waals surface area contributed by atoms with Crippen LogP contribution in [0.2, 0.25) is 0 Å². The zero-order valence-electron chi connectivity index (χ0n) is 15.7. The van der Waals surface area contributed by atoms with Crippen molar-refractivity contribution in [3.63, 3.8) is 0 Å². The molecule has 0 spiro atoms. The van der Waals surface area contributed by atoms with Crippen molar-refractivity contribution in [2.75, 3.05) is 31.2 Å². The van der Waals surface area contributed by atoms with Gasteiger partial charge >= 0.3 is 0 Å². The smallest absolute Gasteiger partial charge is 0.232 e. The Labute approximate surface area is 158 Å². The number of likely N-dealkylation sites (N-methyl/N-ethyl adjacent to an activating group) is 1. The van der Waals surface area contributed by atoms with Crippen molar-refractivity contribution in [2.45, 2.75) is 32.4 Å². The van der Waals surface area contributed by atoms with Gasteiger partial charge in [0.15, 0.2) is 0 Å². The number of carbonyl (C=O) groups excluding carboxylic acids is 1. The topological polar surface area (TPSA) is 100 Å². The molecule has 2 atom stereocenters. The molecule has 4 heterocycles. The first-order chi connectivity index (χ1) is 13.0. The first-order valence-electron chi connectivity index (χ1n) is 9.31. The van der Waals surface area contributed by atoms with Gasteiger partial charge in [0.25, 0.3) is 0 Å². The summed E-state index contributed by atoms with van der Waals surface area (Å²) in [6, 6.07) is 8.25. The van der Waals surface area contributed by atoms with E-state index >= 15 is 0 Å². The van der Waals surface area contributed by atoms with Crippen LogP contribution in [0, 0.1) is 12.8 Å². The highest BCUT2D eigenvalue weighted by Crippen LogP contribution is 2.28. The molecule has 8 heteroatoms. The molecule has 8 nitrogen and oxygen atoms in total. The van der Waals surface area contributed by atoms with Gasteiger partial charge in [-0.3, -0.25) is 9.69 Å². The molecule has 1 amide bonds. The molecule has 2 bridgehead atoms. The average Bonchev–Trinajstić information content (AvgIpc) is 2.87. The number of hydrogen-bond acceptors (Lipinski definition) is 7. The van der Waals surface area contributed by atoms with Crippen LogP contribution < -0.4 is 11.1 Å². The summed E-state index contributed by atoms with van der Waals surface area (Å²) in [5.41, 5.74) is 7.96. The SMILES string of the molecule is Cc1cccc(Nc2nc(N)nc(CN3C[C@H]4CC[C@@H](C3)N(C)C4=O)n2)c1. The molecule has 1 aromatic carbocycles. The van der Waals surface area contributed by atoms with Crippen LogP contribution in [-0.2, 0) is 11.3 Å². The summed E-state index contributed by atoms with van der Waals surface area (Å²) in [7, 11) is 1.91. The molecule has 1 aromatic heterocycles. The summed E-state index contributed by atoms with van der Waals surface area (Å²) in [6.45, 7) is 4.17. The fraction of sp³-hybridized carbons (Fsp3) is 0.474. The van der Waals surface area contributed by atoms with E-state index in [4.69, 9.17) is 5.73 Å². The summed E-state index contributed by atoms with van der Waals surface area (Å²) < 4.78 is 0. The fourth-order valence-electron chi connectivity index (χ4n) is 3.99. The van der Waals surface area contributed by atoms with Gasteiger partial charge in [0, 0.05) is 31.9 Å². The van der Waals surface area contributed by atoms with Crippen molar-refractivity contribution >= 4 is 23.5 Å². The van der Waals surface area contributed by atoms with Crippen molar-refractivity contribution in [1.82, 2.24) is 24.8 Å². The lowest BCUT2D eigenvalue weighted by Crippen LogP contribution is -2.45. The maximum absolute atomic E-state index is 12.4. The maximum Gasteiger partial charge on any atom is 0.232 e. The molecule has 3 fully saturated rings. The molecule has 5 rings (SSSR count). The van der Waals surface area contributed by atoms with E-state index < -0.39 is 0 Å². The predicted octanol–water partition coefficient (Wildman–Crippen LogP) is 1.56. The second kappa shape index (κ2) is 7.11. The van der Waals surface area contributed by atoms with Gasteiger partial charge in [-0.15, -0.1) is 0 Å². The monoisotopic (exact) mass is 367 g/mol. The lowest BCUT2D eigenvalue weighted by Gasteiger charge is -2.32. The Kier molecular flexibility index (Phi) is 4.65. The highest BCUT2D eigenvalue weighted by molar-refractivity contribution is 5.80. The Hall–Kier alpha value is -2.74. The summed E-state index contributed by atoms with van der Waals surface area (Å²) in [6.07, 6.45) is 2.02. The van der Waals surface area contributed by atoms with Gasteiger partial charge in [0.2, 0.25) is 17.8 Å². The minimum Gasteiger partial charge on any atom is -0.368 e. The van der Waals surface area contributed by atoms with Crippen LogP contribution in [0.25, 0.3) is 0 Å². The van der Waals surface area contributed by atoms with E-state index in [9.17, 15) is 4.79 Å². The average molecular weight is 367 g/mol. The van der Waals surface area contributed by atoms with Crippen molar-refractivity contribution < 1.29 is 4.79 Å². The van der Waals surface area contributed by atoms with Crippen LogP contribution >= 0.6 is 0 Å². The highest BCUT2D eigenvalue weighted by Gasteiger charge is 2.38. The number of amides is 1. The minimum atomic E-state index is 0.0674. The van der Waals surface area contributed by atoms with Crippen LogP contribution in [0.3, 0.4) is 0 Å². The molecule has 0 unspecified atom stereocenters. The standard InChI is InChI=1S/C19H25N7O/c1-12-4-3-5-14(8-12)21-19-23-16(22-18(20)24-19)11-26-9-13-6-7-15(10-26)25(2)17(13)27/h3-5,8,13,15H,6-7,9-11H2,1-2H3,(H3,20,21,22,23,24)/t13-,15+/m1/s1. The van der Waals surface area contributed by atoms with E-state index in [1.807, 2.05) is 43.1 Å². The molecule has 3 saturated heterocycles. The number of piperidine rings is 1. The van der Waals surface area contributed by atoms with Crippen LogP contribution in [0.15, 0.2) is 24.3 Å². The number of fused-ring (bicyclic) bond motifs is 4. The number of nitrogens with one attached hydrogen (secondary N) is 1. The van der Waals surface area contributed by atoms with E-state index in [2.05, 4.69) is 25.2 Å². The van der Waals surface area contributed by atoms with Crippen LogP contribution in [0.1, 0.15) is 24.2 Å². The molecule has 0 radical (unpaired) electrons. The second-order valence-corrected chi connectivity index (χ2v) is 7.50. The first kappa shape index (κ1) is 17.7. The number of rotatable bonds is 4. The van der Waals surface area contributed by atoms with Gasteiger partial charge < -0.3 is 16.0 Å². The molecule has 27 heavy (non-hydrogen) atoms. The van der Waals surface area contributed by atoms with Crippen molar-refractivity contribution in [2.24, 2.45) is 5.92 Å². The fourth-order valence-corrected chi connectivity index (χ4v) is 3.99. The Morgan fingerprint density at radius 2 is 2.07 bits per heavy atom. The Balaban J connectivity index is 1.51. The molecule has 142 valence electrons. The van der Waals surface area contributed by atoms with Gasteiger partial charge in [-0.2, -0.15) is 15.0 Å². The zero-order valence-corrected chi connectivity index (χ0v) is 15.7. The molecular weight excluding hydrogens is 342 g/mol. The number of hydrogen-bond donors (Lipinski definition) is 2. The van der Waals surface area contributed by atoms with Gasteiger partial charge in [-0.1, -0.05) is 12.1 Å². The number of nitrogen functional groups attached to an aromatic ring is 1.